The summed E-state index contributed by atoms with van der Waals surface area (Å²) < 4.78 is 0. The smallest absolute Gasteiger partial charge is 0.243 e. The Labute approximate surface area is 288 Å². The number of carbonyl (C=O) groups excluding carboxylic acids is 4. The van der Waals surface area contributed by atoms with Crippen LogP contribution in [0.2, 0.25) is 0 Å². The van der Waals surface area contributed by atoms with Gasteiger partial charge in [-0.25, -0.2) is 0 Å². The first-order valence-corrected chi connectivity index (χ1v) is 18.0. The van der Waals surface area contributed by atoms with Crippen molar-refractivity contribution in [2.75, 3.05) is 19.6 Å². The van der Waals surface area contributed by atoms with Gasteiger partial charge in [0, 0.05) is 32.5 Å². The molecule has 276 valence electrons. The van der Waals surface area contributed by atoms with E-state index in [1.165, 1.54) is 57.8 Å². The SMILES string of the molecule is CCCCCCCC/C=C\CCCCCCCC(=O)NCCCC(=O)N[C@@H](CCCN=C(N)N)C(=O)N[C@@H](CCCN=C(N)N)C(N)=O. The molecule has 2 atom stereocenters. The Bertz CT molecular complexity index is 979. The van der Waals surface area contributed by atoms with Crippen LogP contribution in [0, 0.1) is 0 Å². The predicted molar refractivity (Wildman–Crippen MR) is 195 cm³/mol. The maximum absolute atomic E-state index is 13.0. The van der Waals surface area contributed by atoms with Gasteiger partial charge in [0.2, 0.25) is 23.6 Å². The number of rotatable bonds is 31. The molecule has 0 aliphatic carbocycles. The first kappa shape index (κ1) is 44.2. The van der Waals surface area contributed by atoms with Crippen LogP contribution in [-0.2, 0) is 19.2 Å². The number of carbonyl (C=O) groups is 4. The number of primary amides is 1. The molecular formula is C34H66N10O4. The van der Waals surface area contributed by atoms with Crippen molar-refractivity contribution in [1.29, 1.82) is 0 Å². The van der Waals surface area contributed by atoms with E-state index in [4.69, 9.17) is 28.7 Å². The molecule has 4 amide bonds. The number of hydrogen-bond acceptors (Lipinski definition) is 6. The molecule has 0 bridgehead atoms. The average molecular weight is 679 g/mol. The van der Waals surface area contributed by atoms with Gasteiger partial charge in [-0.3, -0.25) is 29.2 Å². The molecule has 0 aromatic carbocycles. The lowest BCUT2D eigenvalue weighted by molar-refractivity contribution is -0.131. The Morgan fingerprint density at radius 1 is 0.583 bits per heavy atom. The molecule has 0 aliphatic rings. The van der Waals surface area contributed by atoms with Gasteiger partial charge in [0.1, 0.15) is 12.1 Å². The van der Waals surface area contributed by atoms with Crippen molar-refractivity contribution in [3.8, 4) is 0 Å². The summed E-state index contributed by atoms with van der Waals surface area (Å²) in [4.78, 5) is 57.6. The molecule has 0 radical (unpaired) electrons. The maximum atomic E-state index is 13.0. The number of nitrogens with zero attached hydrogens (tertiary/aromatic N) is 2. The van der Waals surface area contributed by atoms with Crippen LogP contribution in [0.15, 0.2) is 22.1 Å². The lowest BCUT2D eigenvalue weighted by Gasteiger charge is -2.22. The molecule has 0 saturated carbocycles. The molecule has 0 aliphatic heterocycles. The Morgan fingerprint density at radius 3 is 1.62 bits per heavy atom. The number of aliphatic imine (C=N–C) groups is 2. The van der Waals surface area contributed by atoms with Crippen molar-refractivity contribution >= 4 is 35.5 Å². The summed E-state index contributed by atoms with van der Waals surface area (Å²) in [5.74, 6) is -1.79. The minimum Gasteiger partial charge on any atom is -0.370 e. The first-order chi connectivity index (χ1) is 23.1. The molecular weight excluding hydrogens is 612 g/mol. The van der Waals surface area contributed by atoms with Crippen LogP contribution in [0.3, 0.4) is 0 Å². The summed E-state index contributed by atoms with van der Waals surface area (Å²) in [5.41, 5.74) is 26.8. The number of nitrogens with two attached hydrogens (primary N) is 5. The third-order valence-corrected chi connectivity index (χ3v) is 7.77. The van der Waals surface area contributed by atoms with Gasteiger partial charge in [-0.15, -0.1) is 0 Å². The van der Waals surface area contributed by atoms with Crippen LogP contribution >= 0.6 is 0 Å². The second kappa shape index (κ2) is 30.5. The highest BCUT2D eigenvalue weighted by atomic mass is 16.2. The van der Waals surface area contributed by atoms with Crippen molar-refractivity contribution in [2.24, 2.45) is 38.7 Å². The van der Waals surface area contributed by atoms with Crippen LogP contribution < -0.4 is 44.6 Å². The maximum Gasteiger partial charge on any atom is 0.243 e. The van der Waals surface area contributed by atoms with Gasteiger partial charge < -0.3 is 44.6 Å². The minimum absolute atomic E-state index is 0.0256. The van der Waals surface area contributed by atoms with Crippen molar-refractivity contribution in [1.82, 2.24) is 16.0 Å². The second-order valence-corrected chi connectivity index (χ2v) is 12.3. The van der Waals surface area contributed by atoms with E-state index in [0.717, 1.165) is 25.7 Å². The molecule has 0 heterocycles. The monoisotopic (exact) mass is 679 g/mol. The molecule has 0 saturated heterocycles. The Morgan fingerprint density at radius 2 is 1.08 bits per heavy atom. The Hall–Kier alpha value is -3.84. The summed E-state index contributed by atoms with van der Waals surface area (Å²) >= 11 is 0. The van der Waals surface area contributed by atoms with E-state index >= 15 is 0 Å². The van der Waals surface area contributed by atoms with E-state index in [9.17, 15) is 19.2 Å². The highest BCUT2D eigenvalue weighted by molar-refractivity contribution is 5.91. The highest BCUT2D eigenvalue weighted by Crippen LogP contribution is 2.10. The molecule has 0 aromatic rings. The fraction of sp³-hybridized carbons (Fsp3) is 0.765. The quantitative estimate of drug-likeness (QED) is 0.0233. The van der Waals surface area contributed by atoms with E-state index in [-0.39, 0.29) is 56.1 Å². The van der Waals surface area contributed by atoms with Crippen LogP contribution in [0.5, 0.6) is 0 Å². The number of allylic oxidation sites excluding steroid dienone is 2. The minimum atomic E-state index is -0.958. The predicted octanol–water partition coefficient (Wildman–Crippen LogP) is 2.48. The molecule has 14 nitrogen and oxygen atoms in total. The van der Waals surface area contributed by atoms with Gasteiger partial charge in [-0.05, 0) is 64.2 Å². The molecule has 48 heavy (non-hydrogen) atoms. The molecule has 0 unspecified atom stereocenters. The van der Waals surface area contributed by atoms with Gasteiger partial charge in [0.05, 0.1) is 0 Å². The molecule has 13 N–H and O–H groups in total. The van der Waals surface area contributed by atoms with E-state index in [0.29, 0.717) is 32.2 Å². The summed E-state index contributed by atoms with van der Waals surface area (Å²) in [6.45, 7) is 3.14. The normalized spacial score (nSPS) is 12.2. The Balaban J connectivity index is 4.32. The molecule has 0 aromatic heterocycles. The molecule has 0 rings (SSSR count). The third kappa shape index (κ3) is 28.4. The van der Waals surface area contributed by atoms with Crippen LogP contribution in [-0.4, -0.2) is 67.3 Å². The van der Waals surface area contributed by atoms with Gasteiger partial charge in [-0.1, -0.05) is 70.4 Å². The van der Waals surface area contributed by atoms with Gasteiger partial charge in [-0.2, -0.15) is 0 Å². The number of unbranched alkanes of at least 4 members (excludes halogenated alkanes) is 11. The van der Waals surface area contributed by atoms with Crippen LogP contribution in [0.25, 0.3) is 0 Å². The lowest BCUT2D eigenvalue weighted by atomic mass is 10.1. The van der Waals surface area contributed by atoms with Crippen molar-refractivity contribution in [3.63, 3.8) is 0 Å². The molecule has 14 heteroatoms. The van der Waals surface area contributed by atoms with Gasteiger partial charge in [0.15, 0.2) is 11.9 Å². The van der Waals surface area contributed by atoms with E-state index in [1.807, 2.05) is 0 Å². The molecule has 0 fully saturated rings. The fourth-order valence-corrected chi connectivity index (χ4v) is 5.02. The zero-order valence-electron chi connectivity index (χ0n) is 29.5. The standard InChI is InChI=1S/C34H66N10O4/c1-2-3-4-5-6-7-8-9-10-11-12-13-14-15-16-22-29(45)40-24-19-23-30(46)43-28(21-18-26-42-34(38)39)32(48)44-27(31(35)47)20-17-25-41-33(36)37/h9-10,27-28H,2-8,11-26H2,1H3,(H2,35,47)(H,40,45)(H,43,46)(H,44,48)(H4,36,37,41)(H4,38,39,42)/b10-9-/t27-,28-/m0/s1. The summed E-state index contributed by atoms with van der Waals surface area (Å²) in [5, 5.41) is 8.19. The lowest BCUT2D eigenvalue weighted by Crippen LogP contribution is -2.53. The number of nitrogens with one attached hydrogen (secondary N) is 3. The van der Waals surface area contributed by atoms with Crippen molar-refractivity contribution < 1.29 is 19.2 Å². The summed E-state index contributed by atoms with van der Waals surface area (Å²) in [7, 11) is 0. The average Bonchev–Trinajstić information content (AvgIpc) is 3.03. The zero-order chi connectivity index (χ0) is 35.8. The third-order valence-electron chi connectivity index (χ3n) is 7.77. The van der Waals surface area contributed by atoms with E-state index in [2.05, 4.69) is 45.0 Å². The van der Waals surface area contributed by atoms with Crippen LogP contribution in [0.1, 0.15) is 135 Å². The van der Waals surface area contributed by atoms with E-state index < -0.39 is 23.9 Å². The molecule has 0 spiro atoms. The first-order valence-electron chi connectivity index (χ1n) is 18.0. The number of amides is 4. The summed E-state index contributed by atoms with van der Waals surface area (Å²) in [6.07, 6.45) is 22.6. The van der Waals surface area contributed by atoms with Gasteiger partial charge >= 0.3 is 0 Å². The van der Waals surface area contributed by atoms with E-state index in [1.54, 1.807) is 0 Å². The highest BCUT2D eigenvalue weighted by Gasteiger charge is 2.25. The van der Waals surface area contributed by atoms with Crippen LogP contribution in [0.4, 0.5) is 0 Å². The second-order valence-electron chi connectivity index (χ2n) is 12.3. The fourth-order valence-electron chi connectivity index (χ4n) is 5.02. The summed E-state index contributed by atoms with van der Waals surface area (Å²) in [6, 6.07) is -1.89. The topological polar surface area (TPSA) is 259 Å². The van der Waals surface area contributed by atoms with Gasteiger partial charge in [0.25, 0.3) is 0 Å². The largest absolute Gasteiger partial charge is 0.370 e. The number of hydrogen-bond donors (Lipinski definition) is 8. The zero-order valence-corrected chi connectivity index (χ0v) is 29.5. The van der Waals surface area contributed by atoms with Crippen molar-refractivity contribution in [2.45, 2.75) is 147 Å². The Kier molecular flexibility index (Phi) is 28.1. The number of guanidine groups is 2. The van der Waals surface area contributed by atoms with Crippen molar-refractivity contribution in [3.05, 3.63) is 12.2 Å².